The first-order valence-electron chi connectivity index (χ1n) is 3.12. The van der Waals surface area contributed by atoms with E-state index in [0.29, 0.717) is 0 Å². The minimum Gasteiger partial charge on any atom is -0.390 e. The zero-order valence-corrected chi connectivity index (χ0v) is 7.31. The maximum atomic E-state index is 12.3. The molecule has 0 aliphatic rings. The zero-order valence-electron chi connectivity index (χ0n) is 6.56. The monoisotopic (exact) mass is 266 g/mol. The largest absolute Gasteiger partial charge is 0.392 e. The summed E-state index contributed by atoms with van der Waals surface area (Å²) in [7, 11) is 0. The number of alkyl halides is 9. The van der Waals surface area contributed by atoms with Crippen LogP contribution >= 0.6 is 11.6 Å². The number of rotatable bonds is 4. The summed E-state index contributed by atoms with van der Waals surface area (Å²) in [5.41, 5.74) is 0. The van der Waals surface area contributed by atoms with Gasteiger partial charge in [-0.3, -0.25) is 0 Å². The van der Waals surface area contributed by atoms with Crippen molar-refractivity contribution in [1.29, 1.82) is 0 Å². The molecule has 92 valence electrons. The van der Waals surface area contributed by atoms with Crippen LogP contribution in [-0.2, 0) is 0 Å². The maximum absolute atomic E-state index is 12.3. The minimum absolute atomic E-state index is 2.72. The molecule has 0 aromatic rings. The van der Waals surface area contributed by atoms with Crippen LogP contribution in [0.4, 0.5) is 35.1 Å². The van der Waals surface area contributed by atoms with Crippen LogP contribution in [0.2, 0.25) is 0 Å². The van der Waals surface area contributed by atoms with Gasteiger partial charge in [0.1, 0.15) is 6.61 Å². The Morgan fingerprint density at radius 1 is 0.800 bits per heavy atom. The van der Waals surface area contributed by atoms with Gasteiger partial charge in [-0.2, -0.15) is 35.1 Å². The lowest BCUT2D eigenvalue weighted by molar-refractivity contribution is -0.352. The van der Waals surface area contributed by atoms with Crippen LogP contribution < -0.4 is 0 Å². The van der Waals surface area contributed by atoms with Gasteiger partial charge in [0.2, 0.25) is 0 Å². The van der Waals surface area contributed by atoms with E-state index in [1.54, 1.807) is 0 Å². The van der Waals surface area contributed by atoms with Gasteiger partial charge in [0, 0.05) is 0 Å². The van der Waals surface area contributed by atoms with Crippen LogP contribution in [-0.4, -0.2) is 34.9 Å². The Hall–Kier alpha value is -0.310. The second-order valence-electron chi connectivity index (χ2n) is 2.51. The SMILES string of the molecule is OCC(F)(F)C(F)(F)C(F)(F)C(F)(F)Cl. The molecule has 10 heteroatoms. The van der Waals surface area contributed by atoms with Crippen molar-refractivity contribution in [1.82, 2.24) is 0 Å². The van der Waals surface area contributed by atoms with Gasteiger partial charge in [-0.05, 0) is 11.6 Å². The van der Waals surface area contributed by atoms with Crippen LogP contribution in [0.5, 0.6) is 0 Å². The molecule has 0 aromatic heterocycles. The Morgan fingerprint density at radius 3 is 1.33 bits per heavy atom. The summed E-state index contributed by atoms with van der Waals surface area (Å²) in [6, 6.07) is 0. The van der Waals surface area contributed by atoms with E-state index in [1.807, 2.05) is 0 Å². The summed E-state index contributed by atoms with van der Waals surface area (Å²) < 4.78 is 96.6. The lowest BCUT2D eigenvalue weighted by Crippen LogP contribution is -2.61. The zero-order chi connectivity index (χ0) is 12.7. The van der Waals surface area contributed by atoms with Crippen LogP contribution in [0.25, 0.3) is 0 Å². The van der Waals surface area contributed by atoms with E-state index < -0.39 is 29.8 Å². The van der Waals surface area contributed by atoms with Gasteiger partial charge in [0.25, 0.3) is 0 Å². The molecule has 0 fully saturated rings. The highest BCUT2D eigenvalue weighted by molar-refractivity contribution is 6.22. The highest BCUT2D eigenvalue weighted by atomic mass is 35.5. The van der Waals surface area contributed by atoms with E-state index in [9.17, 15) is 35.1 Å². The van der Waals surface area contributed by atoms with Crippen LogP contribution in [0.1, 0.15) is 0 Å². The van der Waals surface area contributed by atoms with Crippen molar-refractivity contribution in [2.24, 2.45) is 0 Å². The standard InChI is InChI=1S/C5H3ClF8O/c6-5(13,14)4(11,12)3(9,10)2(7,8)1-15/h15H,1H2. The van der Waals surface area contributed by atoms with Crippen LogP contribution in [0, 0.1) is 0 Å². The van der Waals surface area contributed by atoms with Gasteiger partial charge < -0.3 is 5.11 Å². The van der Waals surface area contributed by atoms with E-state index in [1.165, 1.54) is 0 Å². The Kier molecular flexibility index (Phi) is 3.54. The smallest absolute Gasteiger partial charge is 0.390 e. The third-order valence-electron chi connectivity index (χ3n) is 1.41. The maximum Gasteiger partial charge on any atom is 0.392 e. The average molecular weight is 267 g/mol. The number of halogens is 9. The number of hydrogen-bond donors (Lipinski definition) is 1. The molecule has 0 bridgehead atoms. The second-order valence-corrected chi connectivity index (χ2v) is 2.98. The van der Waals surface area contributed by atoms with E-state index in [-0.39, 0.29) is 0 Å². The molecule has 0 radical (unpaired) electrons. The highest BCUT2D eigenvalue weighted by Crippen LogP contribution is 2.53. The molecule has 1 N–H and O–H groups in total. The number of aliphatic hydroxyl groups is 1. The normalized spacial score (nSPS) is 15.6. The highest BCUT2D eigenvalue weighted by Gasteiger charge is 2.80. The minimum atomic E-state index is -6.49. The molecular formula is C5H3ClF8O. The van der Waals surface area contributed by atoms with Crippen molar-refractivity contribution in [3.05, 3.63) is 0 Å². The van der Waals surface area contributed by atoms with Crippen LogP contribution in [0.15, 0.2) is 0 Å². The third kappa shape index (κ3) is 2.12. The molecule has 0 aliphatic heterocycles. The van der Waals surface area contributed by atoms with Gasteiger partial charge in [-0.1, -0.05) is 0 Å². The average Bonchev–Trinajstić information content (AvgIpc) is 2.01. The Balaban J connectivity index is 5.38. The molecule has 1 nitrogen and oxygen atoms in total. The summed E-state index contributed by atoms with van der Waals surface area (Å²) in [6.07, 6.45) is 0. The molecule has 0 atom stereocenters. The second kappa shape index (κ2) is 3.62. The summed E-state index contributed by atoms with van der Waals surface area (Å²) in [5.74, 6) is -18.7. The summed E-state index contributed by atoms with van der Waals surface area (Å²) in [6.45, 7) is -2.72. The Bertz CT molecular complexity index is 234. The van der Waals surface area contributed by atoms with Gasteiger partial charge in [-0.25, -0.2) is 0 Å². The Labute approximate surface area is 82.6 Å². The topological polar surface area (TPSA) is 20.2 Å². The fourth-order valence-electron chi connectivity index (χ4n) is 0.507. The quantitative estimate of drug-likeness (QED) is 0.613. The van der Waals surface area contributed by atoms with Crippen molar-refractivity contribution < 1.29 is 40.2 Å². The number of aliphatic hydroxyl groups excluding tert-OH is 1. The lowest BCUT2D eigenvalue weighted by atomic mass is 10.1. The van der Waals surface area contributed by atoms with Crippen LogP contribution in [0.3, 0.4) is 0 Å². The molecule has 0 amide bonds. The molecule has 0 saturated carbocycles. The molecule has 0 rings (SSSR count). The van der Waals surface area contributed by atoms with Crippen molar-refractivity contribution in [3.63, 3.8) is 0 Å². The fraction of sp³-hybridized carbons (Fsp3) is 1.00. The van der Waals surface area contributed by atoms with Crippen molar-refractivity contribution in [2.75, 3.05) is 6.61 Å². The van der Waals surface area contributed by atoms with E-state index in [4.69, 9.17) is 5.11 Å². The fourth-order valence-corrected chi connectivity index (χ4v) is 0.626. The molecular weight excluding hydrogens is 263 g/mol. The van der Waals surface area contributed by atoms with E-state index in [0.717, 1.165) is 0 Å². The molecule has 15 heavy (non-hydrogen) atoms. The first-order valence-corrected chi connectivity index (χ1v) is 3.50. The summed E-state index contributed by atoms with van der Waals surface area (Å²) in [4.78, 5) is 0. The van der Waals surface area contributed by atoms with Crippen molar-refractivity contribution in [3.8, 4) is 0 Å². The van der Waals surface area contributed by atoms with Crippen molar-refractivity contribution in [2.45, 2.75) is 23.1 Å². The summed E-state index contributed by atoms with van der Waals surface area (Å²) in [5, 5.41) is 1.84. The predicted molar refractivity (Wildman–Crippen MR) is 32.7 cm³/mol. The molecule has 0 unspecified atom stereocenters. The van der Waals surface area contributed by atoms with Gasteiger partial charge in [-0.15, -0.1) is 0 Å². The van der Waals surface area contributed by atoms with Crippen molar-refractivity contribution >= 4 is 11.6 Å². The molecule has 0 saturated heterocycles. The van der Waals surface area contributed by atoms with Gasteiger partial charge in [0.05, 0.1) is 0 Å². The molecule has 0 aliphatic carbocycles. The van der Waals surface area contributed by atoms with Gasteiger partial charge in [0.15, 0.2) is 0 Å². The molecule has 0 heterocycles. The summed E-state index contributed by atoms with van der Waals surface area (Å²) >= 11 is 3.59. The van der Waals surface area contributed by atoms with Gasteiger partial charge >= 0.3 is 23.1 Å². The first-order chi connectivity index (χ1) is 6.31. The lowest BCUT2D eigenvalue weighted by Gasteiger charge is -2.33. The van der Waals surface area contributed by atoms with E-state index >= 15 is 0 Å². The Morgan fingerprint density at radius 2 is 1.13 bits per heavy atom. The molecule has 0 spiro atoms. The predicted octanol–water partition coefficient (Wildman–Crippen LogP) is 2.72. The van der Waals surface area contributed by atoms with E-state index in [2.05, 4.69) is 11.6 Å². The first kappa shape index (κ1) is 14.7. The third-order valence-corrected chi connectivity index (χ3v) is 1.65. The number of hydrogen-bond acceptors (Lipinski definition) is 1. The molecule has 0 aromatic carbocycles.